The lowest BCUT2D eigenvalue weighted by atomic mass is 10.2. The number of aryl methyl sites for hydroxylation is 1. The first-order valence-electron chi connectivity index (χ1n) is 5.75. The van der Waals surface area contributed by atoms with E-state index in [1.807, 2.05) is 31.2 Å². The standard InChI is InChI=1S/C13H12F3N3S/c1-8-3-2-4-9(5-8)7-20-11-6-10(17)18-12(19-11)13(14,15)16/h2-6H,7H2,1H3,(H2,17,18,19). The molecule has 1 aromatic heterocycles. The molecule has 1 heterocycles. The Balaban J connectivity index is 2.16. The summed E-state index contributed by atoms with van der Waals surface area (Å²) in [5.41, 5.74) is 7.50. The summed E-state index contributed by atoms with van der Waals surface area (Å²) >= 11 is 1.20. The monoisotopic (exact) mass is 299 g/mol. The third kappa shape index (κ3) is 3.86. The Labute approximate surface area is 118 Å². The van der Waals surface area contributed by atoms with E-state index in [0.717, 1.165) is 11.1 Å². The number of aromatic nitrogens is 2. The van der Waals surface area contributed by atoms with E-state index in [0.29, 0.717) is 5.75 Å². The van der Waals surface area contributed by atoms with Crippen molar-refractivity contribution >= 4 is 17.6 Å². The maximum absolute atomic E-state index is 12.6. The molecule has 0 fully saturated rings. The Hall–Kier alpha value is -1.76. The smallest absolute Gasteiger partial charge is 0.384 e. The van der Waals surface area contributed by atoms with Gasteiger partial charge in [0.25, 0.3) is 0 Å². The molecule has 0 bridgehead atoms. The van der Waals surface area contributed by atoms with E-state index in [-0.39, 0.29) is 10.8 Å². The molecular weight excluding hydrogens is 287 g/mol. The Morgan fingerprint density at radius 1 is 1.20 bits per heavy atom. The first kappa shape index (κ1) is 14.6. The zero-order valence-electron chi connectivity index (χ0n) is 10.6. The lowest BCUT2D eigenvalue weighted by Crippen LogP contribution is -2.12. The Bertz CT molecular complexity index is 614. The highest BCUT2D eigenvalue weighted by atomic mass is 32.2. The van der Waals surface area contributed by atoms with Gasteiger partial charge in [-0.1, -0.05) is 29.8 Å². The minimum absolute atomic E-state index is 0.181. The highest BCUT2D eigenvalue weighted by Crippen LogP contribution is 2.30. The molecule has 20 heavy (non-hydrogen) atoms. The van der Waals surface area contributed by atoms with Gasteiger partial charge in [-0.2, -0.15) is 13.2 Å². The van der Waals surface area contributed by atoms with Crippen LogP contribution < -0.4 is 5.73 Å². The fraction of sp³-hybridized carbons (Fsp3) is 0.231. The normalized spacial score (nSPS) is 11.6. The highest BCUT2D eigenvalue weighted by Gasteiger charge is 2.35. The van der Waals surface area contributed by atoms with E-state index in [9.17, 15) is 13.2 Å². The molecule has 2 rings (SSSR count). The zero-order valence-corrected chi connectivity index (χ0v) is 11.4. The molecule has 2 N–H and O–H groups in total. The van der Waals surface area contributed by atoms with Crippen molar-refractivity contribution in [2.75, 3.05) is 5.73 Å². The molecule has 7 heteroatoms. The first-order valence-corrected chi connectivity index (χ1v) is 6.73. The Kier molecular flexibility index (Phi) is 4.17. The van der Waals surface area contributed by atoms with Gasteiger partial charge in [0.05, 0.1) is 0 Å². The number of benzene rings is 1. The van der Waals surface area contributed by atoms with Crippen LogP contribution >= 0.6 is 11.8 Å². The second-order valence-corrected chi connectivity index (χ2v) is 5.23. The Morgan fingerprint density at radius 2 is 1.95 bits per heavy atom. The van der Waals surface area contributed by atoms with Crippen LogP contribution in [0.2, 0.25) is 0 Å². The van der Waals surface area contributed by atoms with Gasteiger partial charge in [0.1, 0.15) is 10.8 Å². The van der Waals surface area contributed by atoms with Crippen LogP contribution in [-0.4, -0.2) is 9.97 Å². The molecule has 0 radical (unpaired) electrons. The largest absolute Gasteiger partial charge is 0.451 e. The SMILES string of the molecule is Cc1cccc(CSc2cc(N)nc(C(F)(F)F)n2)c1. The predicted octanol–water partition coefficient (Wildman–Crippen LogP) is 3.68. The minimum atomic E-state index is -4.59. The van der Waals surface area contributed by atoms with E-state index < -0.39 is 12.0 Å². The van der Waals surface area contributed by atoms with E-state index in [1.54, 1.807) is 0 Å². The number of rotatable bonds is 3. The quantitative estimate of drug-likeness (QED) is 0.694. The molecule has 0 unspecified atom stereocenters. The van der Waals surface area contributed by atoms with E-state index in [1.165, 1.54) is 17.8 Å². The van der Waals surface area contributed by atoms with Gasteiger partial charge in [0, 0.05) is 11.8 Å². The maximum atomic E-state index is 12.6. The molecule has 2 aromatic rings. The van der Waals surface area contributed by atoms with Crippen LogP contribution in [0.15, 0.2) is 35.4 Å². The number of halogens is 3. The molecule has 0 aliphatic heterocycles. The van der Waals surface area contributed by atoms with E-state index >= 15 is 0 Å². The van der Waals surface area contributed by atoms with Gasteiger partial charge in [-0.25, -0.2) is 9.97 Å². The van der Waals surface area contributed by atoms with Crippen molar-refractivity contribution in [1.29, 1.82) is 0 Å². The predicted molar refractivity (Wildman–Crippen MR) is 72.2 cm³/mol. The van der Waals surface area contributed by atoms with Crippen LogP contribution in [-0.2, 0) is 11.9 Å². The summed E-state index contributed by atoms with van der Waals surface area (Å²) in [6.07, 6.45) is -4.59. The maximum Gasteiger partial charge on any atom is 0.451 e. The summed E-state index contributed by atoms with van der Waals surface area (Å²) < 4.78 is 37.7. The number of nitrogens with two attached hydrogens (primary N) is 1. The molecule has 0 saturated carbocycles. The van der Waals surface area contributed by atoms with Crippen molar-refractivity contribution in [3.05, 3.63) is 47.3 Å². The number of nitrogen functional groups attached to an aromatic ring is 1. The second-order valence-electron chi connectivity index (χ2n) is 4.23. The van der Waals surface area contributed by atoms with Crippen LogP contribution in [0.3, 0.4) is 0 Å². The summed E-state index contributed by atoms with van der Waals surface area (Å²) in [7, 11) is 0. The highest BCUT2D eigenvalue weighted by molar-refractivity contribution is 7.98. The molecule has 3 nitrogen and oxygen atoms in total. The minimum Gasteiger partial charge on any atom is -0.384 e. The molecule has 0 spiro atoms. The average Bonchev–Trinajstić information content (AvgIpc) is 2.35. The van der Waals surface area contributed by atoms with Gasteiger partial charge in [-0.15, -0.1) is 11.8 Å². The van der Waals surface area contributed by atoms with Crippen LogP contribution in [0.4, 0.5) is 19.0 Å². The van der Waals surface area contributed by atoms with Crippen molar-refractivity contribution < 1.29 is 13.2 Å². The summed E-state index contributed by atoms with van der Waals surface area (Å²) in [6.45, 7) is 1.96. The third-order valence-corrected chi connectivity index (χ3v) is 3.43. The average molecular weight is 299 g/mol. The summed E-state index contributed by atoms with van der Waals surface area (Å²) in [6, 6.07) is 9.09. The molecular formula is C13H12F3N3S. The van der Waals surface area contributed by atoms with Crippen molar-refractivity contribution in [1.82, 2.24) is 9.97 Å². The number of thioether (sulfide) groups is 1. The molecule has 0 saturated heterocycles. The third-order valence-electron chi connectivity index (χ3n) is 2.45. The van der Waals surface area contributed by atoms with Gasteiger partial charge in [-0.05, 0) is 12.5 Å². The van der Waals surface area contributed by atoms with Gasteiger partial charge in [0.15, 0.2) is 0 Å². The van der Waals surface area contributed by atoms with Crippen molar-refractivity contribution in [3.8, 4) is 0 Å². The molecule has 0 amide bonds. The molecule has 0 aliphatic carbocycles. The molecule has 0 aliphatic rings. The van der Waals surface area contributed by atoms with Crippen molar-refractivity contribution in [2.24, 2.45) is 0 Å². The summed E-state index contributed by atoms with van der Waals surface area (Å²) in [5, 5.41) is 0.214. The molecule has 1 aromatic carbocycles. The summed E-state index contributed by atoms with van der Waals surface area (Å²) in [5.74, 6) is -0.863. The van der Waals surface area contributed by atoms with Crippen LogP contribution in [0.5, 0.6) is 0 Å². The van der Waals surface area contributed by atoms with Crippen LogP contribution in [0.1, 0.15) is 17.0 Å². The first-order chi connectivity index (χ1) is 9.34. The van der Waals surface area contributed by atoms with Crippen LogP contribution in [0.25, 0.3) is 0 Å². The summed E-state index contributed by atoms with van der Waals surface area (Å²) in [4.78, 5) is 6.69. The Morgan fingerprint density at radius 3 is 2.60 bits per heavy atom. The lowest BCUT2D eigenvalue weighted by Gasteiger charge is -2.08. The van der Waals surface area contributed by atoms with Gasteiger partial charge >= 0.3 is 6.18 Å². The number of alkyl halides is 3. The number of nitrogens with zero attached hydrogens (tertiary/aromatic N) is 2. The number of hydrogen-bond acceptors (Lipinski definition) is 4. The number of hydrogen-bond donors (Lipinski definition) is 1. The molecule has 106 valence electrons. The molecule has 0 atom stereocenters. The van der Waals surface area contributed by atoms with Crippen LogP contribution in [0, 0.1) is 6.92 Å². The van der Waals surface area contributed by atoms with Gasteiger partial charge < -0.3 is 5.73 Å². The van der Waals surface area contributed by atoms with Gasteiger partial charge in [-0.3, -0.25) is 0 Å². The van der Waals surface area contributed by atoms with E-state index in [4.69, 9.17) is 5.73 Å². The second kappa shape index (κ2) is 5.70. The number of anilines is 1. The topological polar surface area (TPSA) is 51.8 Å². The lowest BCUT2D eigenvalue weighted by molar-refractivity contribution is -0.145. The van der Waals surface area contributed by atoms with E-state index in [2.05, 4.69) is 9.97 Å². The fourth-order valence-electron chi connectivity index (χ4n) is 1.60. The van der Waals surface area contributed by atoms with Crippen molar-refractivity contribution in [3.63, 3.8) is 0 Å². The zero-order chi connectivity index (χ0) is 14.8. The fourth-order valence-corrected chi connectivity index (χ4v) is 2.45. The van der Waals surface area contributed by atoms with Crippen molar-refractivity contribution in [2.45, 2.75) is 23.9 Å². The van der Waals surface area contributed by atoms with Gasteiger partial charge in [0.2, 0.25) is 5.82 Å².